The van der Waals surface area contributed by atoms with Crippen LogP contribution in [0, 0.1) is 11.7 Å². The van der Waals surface area contributed by atoms with Crippen LogP contribution in [0.25, 0.3) is 0 Å². The molecule has 0 spiro atoms. The van der Waals surface area contributed by atoms with Crippen molar-refractivity contribution in [2.24, 2.45) is 10.9 Å². The number of nitrogens with zero attached hydrogens (tertiary/aromatic N) is 2. The molecule has 2 aliphatic heterocycles. The summed E-state index contributed by atoms with van der Waals surface area (Å²) >= 11 is 0. The minimum atomic E-state index is -1.08. The molecule has 4 N–H and O–H groups in total. The van der Waals surface area contributed by atoms with Gasteiger partial charge in [0, 0.05) is 38.5 Å². The smallest absolute Gasteiger partial charge is 0.305 e. The van der Waals surface area contributed by atoms with E-state index < -0.39 is 17.8 Å². The van der Waals surface area contributed by atoms with Crippen LogP contribution in [-0.4, -0.2) is 66.5 Å². The molecule has 2 heterocycles. The summed E-state index contributed by atoms with van der Waals surface area (Å²) in [5.41, 5.74) is 0.417. The minimum absolute atomic E-state index is 0.0653. The first-order valence-corrected chi connectivity index (χ1v) is 11.0. The molecule has 2 aliphatic rings. The summed E-state index contributed by atoms with van der Waals surface area (Å²) in [4.78, 5) is 42.4. The van der Waals surface area contributed by atoms with Crippen LogP contribution in [0.5, 0.6) is 0 Å². The quantitative estimate of drug-likeness (QED) is 0.419. The normalized spacial score (nSPS) is 17.3. The van der Waals surface area contributed by atoms with E-state index in [0.717, 1.165) is 19.0 Å². The first kappa shape index (κ1) is 23.5. The molecule has 1 aromatic carbocycles. The first-order valence-electron chi connectivity index (χ1n) is 11.0. The van der Waals surface area contributed by atoms with Gasteiger partial charge in [-0.1, -0.05) is 12.1 Å². The standard InChI is InChI=1S/C22H30FN5O4/c23-17-4-1-3-16(13-17)18(14-20(30)31)27-21(32)15-6-11-28(12-7-15)19(29)5-2-8-24-22-25-9-10-26-22/h1,3-4,13,15,18H,2,5-12,14H2,(H,27,32)(H,30,31)(H2,24,25,26). The zero-order chi connectivity index (χ0) is 22.9. The molecule has 1 saturated heterocycles. The van der Waals surface area contributed by atoms with E-state index in [0.29, 0.717) is 50.9 Å². The fourth-order valence-electron chi connectivity index (χ4n) is 3.95. The number of carboxylic acids is 1. The highest BCUT2D eigenvalue weighted by atomic mass is 19.1. The lowest BCUT2D eigenvalue weighted by Crippen LogP contribution is -2.44. The number of amides is 2. The molecule has 10 heteroatoms. The van der Waals surface area contributed by atoms with Crippen LogP contribution in [-0.2, 0) is 14.4 Å². The van der Waals surface area contributed by atoms with E-state index in [1.54, 1.807) is 11.0 Å². The van der Waals surface area contributed by atoms with Crippen LogP contribution in [0.2, 0.25) is 0 Å². The van der Waals surface area contributed by atoms with Gasteiger partial charge in [0.2, 0.25) is 11.8 Å². The third-order valence-electron chi connectivity index (χ3n) is 5.70. The lowest BCUT2D eigenvalue weighted by Gasteiger charge is -2.32. The van der Waals surface area contributed by atoms with Crippen molar-refractivity contribution in [1.82, 2.24) is 20.9 Å². The molecule has 0 aromatic heterocycles. The van der Waals surface area contributed by atoms with Crippen molar-refractivity contribution in [3.8, 4) is 0 Å². The molecule has 1 atom stereocenters. The number of carbonyl (C=O) groups excluding carboxylic acids is 2. The van der Waals surface area contributed by atoms with Crippen LogP contribution in [0.1, 0.15) is 43.7 Å². The van der Waals surface area contributed by atoms with Gasteiger partial charge in [-0.05, 0) is 37.0 Å². The molecule has 32 heavy (non-hydrogen) atoms. The highest BCUT2D eigenvalue weighted by Gasteiger charge is 2.29. The zero-order valence-corrected chi connectivity index (χ0v) is 18.0. The van der Waals surface area contributed by atoms with Gasteiger partial charge in [-0.3, -0.25) is 19.4 Å². The first-order chi connectivity index (χ1) is 15.4. The molecule has 1 unspecified atom stereocenters. The third kappa shape index (κ3) is 6.93. The predicted octanol–water partition coefficient (Wildman–Crippen LogP) is 1.03. The fourth-order valence-corrected chi connectivity index (χ4v) is 3.95. The molecule has 1 aromatic rings. The molecule has 0 radical (unpaired) electrons. The van der Waals surface area contributed by atoms with Crippen molar-refractivity contribution >= 4 is 23.7 Å². The SMILES string of the molecule is O=C(O)CC(NC(=O)C1CCN(C(=O)CCCNC2=NCCN2)CC1)c1cccc(F)c1. The highest BCUT2D eigenvalue weighted by Crippen LogP contribution is 2.22. The van der Waals surface area contributed by atoms with Crippen molar-refractivity contribution in [2.75, 3.05) is 32.7 Å². The number of hydrogen-bond donors (Lipinski definition) is 4. The summed E-state index contributed by atoms with van der Waals surface area (Å²) < 4.78 is 13.6. The number of piperidine rings is 1. The molecular formula is C22H30FN5O4. The molecular weight excluding hydrogens is 417 g/mol. The van der Waals surface area contributed by atoms with E-state index >= 15 is 0 Å². The van der Waals surface area contributed by atoms with Crippen molar-refractivity contribution in [2.45, 2.75) is 38.1 Å². The van der Waals surface area contributed by atoms with Gasteiger partial charge in [-0.25, -0.2) is 4.39 Å². The number of halogens is 1. The number of carbonyl (C=O) groups is 3. The van der Waals surface area contributed by atoms with Crippen LogP contribution < -0.4 is 16.0 Å². The zero-order valence-electron chi connectivity index (χ0n) is 18.0. The van der Waals surface area contributed by atoms with E-state index in [4.69, 9.17) is 0 Å². The summed E-state index contributed by atoms with van der Waals surface area (Å²) in [6, 6.07) is 4.79. The number of guanidine groups is 1. The van der Waals surface area contributed by atoms with Crippen molar-refractivity contribution in [1.29, 1.82) is 0 Å². The Morgan fingerprint density at radius 3 is 2.72 bits per heavy atom. The molecule has 1 fully saturated rings. The number of aliphatic carboxylic acids is 1. The summed E-state index contributed by atoms with van der Waals surface area (Å²) in [6.07, 6.45) is 1.82. The fraction of sp³-hybridized carbons (Fsp3) is 0.545. The van der Waals surface area contributed by atoms with E-state index in [9.17, 15) is 23.9 Å². The third-order valence-corrected chi connectivity index (χ3v) is 5.70. The highest BCUT2D eigenvalue weighted by molar-refractivity contribution is 5.82. The lowest BCUT2D eigenvalue weighted by atomic mass is 9.94. The summed E-state index contributed by atoms with van der Waals surface area (Å²) in [5, 5.41) is 18.2. The maximum absolute atomic E-state index is 13.6. The van der Waals surface area contributed by atoms with Crippen molar-refractivity contribution < 1.29 is 23.9 Å². The number of rotatable bonds is 9. The summed E-state index contributed by atoms with van der Waals surface area (Å²) in [7, 11) is 0. The van der Waals surface area contributed by atoms with Crippen molar-refractivity contribution in [3.05, 3.63) is 35.6 Å². The monoisotopic (exact) mass is 447 g/mol. The number of benzene rings is 1. The minimum Gasteiger partial charge on any atom is -0.481 e. The van der Waals surface area contributed by atoms with Gasteiger partial charge < -0.3 is 26.0 Å². The molecule has 0 bridgehead atoms. The molecule has 174 valence electrons. The van der Waals surface area contributed by atoms with Crippen LogP contribution in [0.4, 0.5) is 4.39 Å². The van der Waals surface area contributed by atoms with E-state index in [2.05, 4.69) is 20.9 Å². The topological polar surface area (TPSA) is 123 Å². The van der Waals surface area contributed by atoms with Gasteiger partial charge in [0.1, 0.15) is 5.82 Å². The van der Waals surface area contributed by atoms with Gasteiger partial charge >= 0.3 is 5.97 Å². The molecule has 2 amide bonds. The number of hydrogen-bond acceptors (Lipinski definition) is 6. The van der Waals surface area contributed by atoms with Gasteiger partial charge in [0.05, 0.1) is 19.0 Å². The van der Waals surface area contributed by atoms with E-state index in [-0.39, 0.29) is 24.2 Å². The maximum Gasteiger partial charge on any atom is 0.305 e. The molecule has 9 nitrogen and oxygen atoms in total. The van der Waals surface area contributed by atoms with Gasteiger partial charge in [0.15, 0.2) is 5.96 Å². The Morgan fingerprint density at radius 2 is 2.06 bits per heavy atom. The Hall–Kier alpha value is -3.17. The van der Waals surface area contributed by atoms with Crippen LogP contribution >= 0.6 is 0 Å². The maximum atomic E-state index is 13.6. The predicted molar refractivity (Wildman–Crippen MR) is 116 cm³/mol. The number of carboxylic acid groups (broad SMARTS) is 1. The average Bonchev–Trinajstić information content (AvgIpc) is 3.29. The van der Waals surface area contributed by atoms with E-state index in [1.807, 2.05) is 0 Å². The summed E-state index contributed by atoms with van der Waals surface area (Å²) in [6.45, 7) is 3.25. The van der Waals surface area contributed by atoms with Gasteiger partial charge in [-0.15, -0.1) is 0 Å². The van der Waals surface area contributed by atoms with E-state index in [1.165, 1.54) is 18.2 Å². The second-order valence-corrected chi connectivity index (χ2v) is 8.06. The summed E-state index contributed by atoms with van der Waals surface area (Å²) in [5.74, 6) is -1.29. The van der Waals surface area contributed by atoms with Gasteiger partial charge in [0.25, 0.3) is 0 Å². The molecule has 0 saturated carbocycles. The second-order valence-electron chi connectivity index (χ2n) is 8.06. The molecule has 0 aliphatic carbocycles. The van der Waals surface area contributed by atoms with Crippen molar-refractivity contribution in [3.63, 3.8) is 0 Å². The van der Waals surface area contributed by atoms with Gasteiger partial charge in [-0.2, -0.15) is 0 Å². The Labute approximate surface area is 186 Å². The Kier molecular flexibility index (Phi) is 8.41. The van der Waals surface area contributed by atoms with Crippen LogP contribution in [0.3, 0.4) is 0 Å². The Bertz CT molecular complexity index is 854. The Balaban J connectivity index is 1.43. The number of nitrogens with one attached hydrogen (secondary N) is 3. The van der Waals surface area contributed by atoms with Crippen LogP contribution in [0.15, 0.2) is 29.3 Å². The Morgan fingerprint density at radius 1 is 1.28 bits per heavy atom. The largest absolute Gasteiger partial charge is 0.481 e. The lowest BCUT2D eigenvalue weighted by molar-refractivity contribution is -0.139. The number of likely N-dealkylation sites (tertiary alicyclic amines) is 1. The number of aliphatic imine (C=N–C) groups is 1. The second kappa shape index (κ2) is 11.4. The average molecular weight is 448 g/mol. The molecule has 3 rings (SSSR count).